The minimum atomic E-state index is -0.529. The third-order valence-corrected chi connectivity index (χ3v) is 4.80. The first-order valence-corrected chi connectivity index (χ1v) is 9.08. The van der Waals surface area contributed by atoms with E-state index in [1.807, 2.05) is 36.4 Å². The van der Waals surface area contributed by atoms with Gasteiger partial charge in [0.25, 0.3) is 5.91 Å². The number of rotatable bonds is 5. The van der Waals surface area contributed by atoms with E-state index in [1.165, 1.54) is 9.58 Å². The van der Waals surface area contributed by atoms with Gasteiger partial charge in [-0.1, -0.05) is 30.3 Å². The molecule has 3 aromatic carbocycles. The second-order valence-electron chi connectivity index (χ2n) is 6.68. The lowest BCUT2D eigenvalue weighted by atomic mass is 10.1. The molecule has 0 fully saturated rings. The van der Waals surface area contributed by atoms with Crippen LogP contribution in [0.3, 0.4) is 0 Å². The van der Waals surface area contributed by atoms with Crippen LogP contribution in [0.15, 0.2) is 76.0 Å². The largest absolute Gasteiger partial charge is 0.497 e. The molecule has 7 nitrogen and oxygen atoms in total. The fourth-order valence-corrected chi connectivity index (χ4v) is 3.21. The molecular weight excluding hydrogens is 370 g/mol. The molecule has 7 heteroatoms. The summed E-state index contributed by atoms with van der Waals surface area (Å²) in [6.45, 7) is 0.0868. The number of hydrogen-bond acceptors (Lipinski definition) is 4. The molecule has 0 aliphatic carbocycles. The average molecular weight is 390 g/mol. The van der Waals surface area contributed by atoms with E-state index in [0.717, 1.165) is 10.8 Å². The maximum atomic E-state index is 12.9. The number of carbonyl (C=O) groups is 1. The smallest absolute Gasteiger partial charge is 0.432 e. The molecule has 29 heavy (non-hydrogen) atoms. The molecule has 0 saturated heterocycles. The summed E-state index contributed by atoms with van der Waals surface area (Å²) in [5.74, 6) is 0.517. The predicted molar refractivity (Wildman–Crippen MR) is 107 cm³/mol. The fraction of sp³-hybridized carbons (Fsp3) is 0.136. The minimum Gasteiger partial charge on any atom is -0.497 e. The number of aromatic amines is 1. The Hall–Kier alpha value is -3.87. The van der Waals surface area contributed by atoms with Crippen molar-refractivity contribution in [3.63, 3.8) is 0 Å². The van der Waals surface area contributed by atoms with Crippen LogP contribution in [-0.2, 0) is 6.54 Å². The first-order valence-electron chi connectivity index (χ1n) is 9.08. The van der Waals surface area contributed by atoms with Gasteiger partial charge in [0.2, 0.25) is 5.69 Å². The normalized spacial score (nSPS) is 10.8. The van der Waals surface area contributed by atoms with E-state index >= 15 is 0 Å². The molecular formula is C22H20N3O4+. The Balaban J connectivity index is 1.60. The van der Waals surface area contributed by atoms with Crippen LogP contribution >= 0.6 is 0 Å². The van der Waals surface area contributed by atoms with E-state index in [-0.39, 0.29) is 12.5 Å². The lowest BCUT2D eigenvalue weighted by molar-refractivity contribution is -0.678. The van der Waals surface area contributed by atoms with Crippen LogP contribution in [-0.4, -0.2) is 30.2 Å². The molecule has 0 radical (unpaired) electrons. The van der Waals surface area contributed by atoms with Gasteiger partial charge in [0.15, 0.2) is 0 Å². The third kappa shape index (κ3) is 3.62. The van der Waals surface area contributed by atoms with E-state index in [2.05, 4.69) is 5.27 Å². The summed E-state index contributed by atoms with van der Waals surface area (Å²) in [5.41, 5.74) is 1.03. The quantitative estimate of drug-likeness (QED) is 0.532. The highest BCUT2D eigenvalue weighted by Gasteiger charge is 2.26. The molecule has 0 saturated carbocycles. The van der Waals surface area contributed by atoms with Gasteiger partial charge in [-0.05, 0) is 45.0 Å². The van der Waals surface area contributed by atoms with Gasteiger partial charge in [0.1, 0.15) is 12.3 Å². The Bertz CT molecular complexity index is 1220. The SMILES string of the molecule is COc1ccc(-[n+]2[nH]oc(=O)c2CN(C)C(=O)c2ccc3ccccc3c2)cc1. The van der Waals surface area contributed by atoms with E-state index in [1.54, 1.807) is 44.5 Å². The van der Waals surface area contributed by atoms with E-state index in [9.17, 15) is 9.59 Å². The number of carbonyl (C=O) groups excluding carboxylic acids is 1. The van der Waals surface area contributed by atoms with Gasteiger partial charge in [-0.2, -0.15) is 0 Å². The molecule has 0 unspecified atom stereocenters. The van der Waals surface area contributed by atoms with Crippen LogP contribution in [0.2, 0.25) is 0 Å². The number of methoxy groups -OCH3 is 1. The number of nitrogens with zero attached hydrogens (tertiary/aromatic N) is 2. The van der Waals surface area contributed by atoms with E-state index in [0.29, 0.717) is 22.7 Å². The first-order chi connectivity index (χ1) is 14.1. The third-order valence-electron chi connectivity index (χ3n) is 4.80. The van der Waals surface area contributed by atoms with E-state index in [4.69, 9.17) is 9.26 Å². The highest BCUT2D eigenvalue weighted by molar-refractivity contribution is 5.98. The molecule has 1 heterocycles. The average Bonchev–Trinajstić information content (AvgIpc) is 3.13. The van der Waals surface area contributed by atoms with Crippen molar-refractivity contribution in [1.82, 2.24) is 10.2 Å². The maximum Gasteiger partial charge on any atom is 0.432 e. The molecule has 146 valence electrons. The molecule has 0 bridgehead atoms. The van der Waals surface area contributed by atoms with Crippen molar-refractivity contribution in [2.45, 2.75) is 6.54 Å². The van der Waals surface area contributed by atoms with Crippen molar-refractivity contribution < 1.29 is 18.7 Å². The van der Waals surface area contributed by atoms with Crippen molar-refractivity contribution in [2.24, 2.45) is 0 Å². The van der Waals surface area contributed by atoms with Crippen molar-refractivity contribution in [3.8, 4) is 11.4 Å². The van der Waals surface area contributed by atoms with Crippen molar-refractivity contribution in [3.05, 3.63) is 88.4 Å². The van der Waals surface area contributed by atoms with Crippen molar-refractivity contribution in [2.75, 3.05) is 14.2 Å². The van der Waals surface area contributed by atoms with Crippen LogP contribution in [0.1, 0.15) is 16.1 Å². The monoisotopic (exact) mass is 390 g/mol. The number of amides is 1. The van der Waals surface area contributed by atoms with Gasteiger partial charge >= 0.3 is 11.3 Å². The molecule has 1 amide bonds. The Morgan fingerprint density at radius 2 is 1.79 bits per heavy atom. The van der Waals surface area contributed by atoms with Crippen LogP contribution in [0, 0.1) is 0 Å². The zero-order valence-electron chi connectivity index (χ0n) is 16.1. The molecule has 1 aromatic heterocycles. The molecule has 0 spiro atoms. The Kier molecular flexibility index (Phi) is 4.87. The zero-order valence-corrected chi connectivity index (χ0v) is 16.1. The van der Waals surface area contributed by atoms with Crippen LogP contribution in [0.25, 0.3) is 16.5 Å². The molecule has 0 aliphatic heterocycles. The Morgan fingerprint density at radius 3 is 2.52 bits per heavy atom. The van der Waals surface area contributed by atoms with Crippen LogP contribution in [0.5, 0.6) is 5.75 Å². The van der Waals surface area contributed by atoms with Gasteiger partial charge in [-0.15, -0.1) is 0 Å². The summed E-state index contributed by atoms with van der Waals surface area (Å²) < 4.78 is 11.6. The van der Waals surface area contributed by atoms with Crippen molar-refractivity contribution >= 4 is 16.7 Å². The minimum absolute atomic E-state index is 0.0868. The van der Waals surface area contributed by atoms with Crippen molar-refractivity contribution in [1.29, 1.82) is 0 Å². The number of ether oxygens (including phenoxy) is 1. The van der Waals surface area contributed by atoms with Gasteiger partial charge in [0.05, 0.1) is 7.11 Å². The first kappa shape index (κ1) is 18.5. The summed E-state index contributed by atoms with van der Waals surface area (Å²) in [6, 6.07) is 20.5. The summed E-state index contributed by atoms with van der Waals surface area (Å²) in [6.07, 6.45) is 0. The topological polar surface area (TPSA) is 79.4 Å². The van der Waals surface area contributed by atoms with Gasteiger partial charge in [-0.3, -0.25) is 9.32 Å². The number of hydrogen-bond donors (Lipinski definition) is 1. The highest BCUT2D eigenvalue weighted by Crippen LogP contribution is 2.17. The molecule has 1 N–H and O–H groups in total. The number of fused-ring (bicyclic) bond motifs is 1. The van der Waals surface area contributed by atoms with E-state index < -0.39 is 5.63 Å². The van der Waals surface area contributed by atoms with Crippen LogP contribution < -0.4 is 15.0 Å². The predicted octanol–water partition coefficient (Wildman–Crippen LogP) is 2.68. The lowest BCUT2D eigenvalue weighted by Gasteiger charge is -2.14. The number of aromatic nitrogens is 2. The highest BCUT2D eigenvalue weighted by atomic mass is 16.5. The molecule has 4 aromatic rings. The Labute approximate surface area is 166 Å². The van der Waals surface area contributed by atoms with Gasteiger partial charge < -0.3 is 9.64 Å². The summed E-state index contributed by atoms with van der Waals surface area (Å²) in [5, 5.41) is 4.64. The number of H-pyrrole nitrogens is 1. The molecule has 0 aliphatic rings. The summed E-state index contributed by atoms with van der Waals surface area (Å²) in [7, 11) is 3.24. The second kappa shape index (κ2) is 7.63. The second-order valence-corrected chi connectivity index (χ2v) is 6.68. The number of nitrogens with one attached hydrogen (secondary N) is 1. The molecule has 0 atom stereocenters. The maximum absolute atomic E-state index is 12.9. The zero-order chi connectivity index (χ0) is 20.4. The van der Waals surface area contributed by atoms with Gasteiger partial charge in [0, 0.05) is 24.7 Å². The molecule has 4 rings (SSSR count). The summed E-state index contributed by atoms with van der Waals surface area (Å²) >= 11 is 0. The number of benzene rings is 3. The van der Waals surface area contributed by atoms with Crippen LogP contribution in [0.4, 0.5) is 0 Å². The van der Waals surface area contributed by atoms with Gasteiger partial charge in [-0.25, -0.2) is 4.79 Å². The fourth-order valence-electron chi connectivity index (χ4n) is 3.21. The lowest BCUT2D eigenvalue weighted by Crippen LogP contribution is -2.42. The standard InChI is InChI=1S/C22H19N3O4/c1-24(21(26)17-8-7-15-5-3-4-6-16(15)13-17)14-20-22(27)29-23-25(20)18-9-11-19(28-2)12-10-18/h3-13H,14H2,1-2H3/p+1. The summed E-state index contributed by atoms with van der Waals surface area (Å²) in [4.78, 5) is 26.6. The Morgan fingerprint density at radius 1 is 1.07 bits per heavy atom.